The van der Waals surface area contributed by atoms with Gasteiger partial charge in [0.2, 0.25) is 0 Å². The quantitative estimate of drug-likeness (QED) is 0.769. The second-order valence-corrected chi connectivity index (χ2v) is 4.88. The zero-order valence-corrected chi connectivity index (χ0v) is 9.64. The Morgan fingerprint density at radius 2 is 1.93 bits per heavy atom. The first-order chi connectivity index (χ1) is 6.57. The molecular weight excluding hydrogens is 238 g/mol. The van der Waals surface area contributed by atoms with Crippen LogP contribution >= 0.6 is 12.4 Å². The van der Waals surface area contributed by atoms with Crippen molar-refractivity contribution in [3.63, 3.8) is 0 Å². The van der Waals surface area contributed by atoms with Gasteiger partial charge in [-0.1, -0.05) is 0 Å². The first-order valence-corrected chi connectivity index (χ1v) is 5.97. The van der Waals surface area contributed by atoms with Gasteiger partial charge in [-0.3, -0.25) is 9.54 Å². The van der Waals surface area contributed by atoms with Crippen molar-refractivity contribution in [2.45, 2.75) is 30.6 Å². The van der Waals surface area contributed by atoms with E-state index in [1.54, 1.807) is 0 Å². The molecule has 0 amide bonds. The number of pyridine rings is 1. The van der Waals surface area contributed by atoms with Gasteiger partial charge in [-0.15, -0.1) is 12.4 Å². The third-order valence-corrected chi connectivity index (χ3v) is 3.26. The highest BCUT2D eigenvalue weighted by Crippen LogP contribution is 2.21. The van der Waals surface area contributed by atoms with Crippen molar-refractivity contribution in [1.29, 1.82) is 0 Å². The molecule has 0 fully saturated rings. The maximum absolute atomic E-state index is 10.8. The summed E-state index contributed by atoms with van der Waals surface area (Å²) in [6.45, 7) is 0. The molecule has 0 unspecified atom stereocenters. The zero-order chi connectivity index (χ0) is 10.2. The van der Waals surface area contributed by atoms with Crippen molar-refractivity contribution in [1.82, 2.24) is 4.98 Å². The highest BCUT2D eigenvalue weighted by Gasteiger charge is 2.15. The highest BCUT2D eigenvalue weighted by molar-refractivity contribution is 7.85. The molecule has 0 aliphatic heterocycles. The number of aryl methyl sites for hydroxylation is 2. The molecule has 84 valence electrons. The minimum Gasteiger partial charge on any atom is -0.282 e. The van der Waals surface area contributed by atoms with Crippen molar-refractivity contribution >= 4 is 22.5 Å². The molecule has 1 aliphatic rings. The fraction of sp³-hybridized carbons (Fsp3) is 0.444. The number of fused-ring (bicyclic) bond motifs is 1. The number of hydrogen-bond acceptors (Lipinski definition) is 3. The van der Waals surface area contributed by atoms with Gasteiger partial charge in [-0.2, -0.15) is 8.42 Å². The predicted octanol–water partition coefficient (Wildman–Crippen LogP) is 1.63. The molecule has 4 nitrogen and oxygen atoms in total. The molecule has 6 heteroatoms. The van der Waals surface area contributed by atoms with Crippen LogP contribution in [0.3, 0.4) is 0 Å². The smallest absolute Gasteiger partial charge is 0.282 e. The number of hydrogen-bond donors (Lipinski definition) is 1. The Morgan fingerprint density at radius 1 is 1.27 bits per heavy atom. The van der Waals surface area contributed by atoms with Crippen molar-refractivity contribution in [2.75, 3.05) is 0 Å². The topological polar surface area (TPSA) is 67.3 Å². The SMILES string of the molecule is Cl.O=S(=O)(O)c1cnc2c(c1)CCCC2. The third kappa shape index (κ3) is 2.68. The molecular formula is C9H12ClNO3S. The Balaban J connectivity index is 0.00000112. The average Bonchev–Trinajstić information content (AvgIpc) is 2.16. The van der Waals surface area contributed by atoms with Crippen LogP contribution in [0.1, 0.15) is 24.1 Å². The van der Waals surface area contributed by atoms with Crippen LogP contribution < -0.4 is 0 Å². The monoisotopic (exact) mass is 249 g/mol. The summed E-state index contributed by atoms with van der Waals surface area (Å²) in [5.41, 5.74) is 1.91. The summed E-state index contributed by atoms with van der Waals surface area (Å²) in [6.07, 6.45) is 5.14. The molecule has 0 saturated carbocycles. The number of aromatic nitrogens is 1. The minimum absolute atomic E-state index is 0. The minimum atomic E-state index is -4.10. The van der Waals surface area contributed by atoms with Crippen LogP contribution in [0.5, 0.6) is 0 Å². The van der Waals surface area contributed by atoms with Crippen LogP contribution in [0, 0.1) is 0 Å². The van der Waals surface area contributed by atoms with Gasteiger partial charge in [0.25, 0.3) is 10.1 Å². The van der Waals surface area contributed by atoms with E-state index in [4.69, 9.17) is 4.55 Å². The van der Waals surface area contributed by atoms with E-state index in [0.29, 0.717) is 0 Å². The molecule has 1 aromatic heterocycles. The maximum Gasteiger partial charge on any atom is 0.296 e. The van der Waals surface area contributed by atoms with Crippen molar-refractivity contribution in [3.8, 4) is 0 Å². The molecule has 0 saturated heterocycles. The number of nitrogens with zero attached hydrogens (tertiary/aromatic N) is 1. The Bertz CT molecular complexity index is 458. The van der Waals surface area contributed by atoms with Crippen LogP contribution in [0.2, 0.25) is 0 Å². The first kappa shape index (κ1) is 12.4. The lowest BCUT2D eigenvalue weighted by Gasteiger charge is -2.14. The lowest BCUT2D eigenvalue weighted by atomic mass is 9.96. The zero-order valence-electron chi connectivity index (χ0n) is 8.01. The summed E-state index contributed by atoms with van der Waals surface area (Å²) < 4.78 is 30.5. The third-order valence-electron chi connectivity index (χ3n) is 2.44. The van der Waals surface area contributed by atoms with Crippen LogP contribution in [-0.4, -0.2) is 18.0 Å². The van der Waals surface area contributed by atoms with Crippen molar-refractivity contribution in [3.05, 3.63) is 23.5 Å². The molecule has 0 atom stereocenters. The van der Waals surface area contributed by atoms with E-state index in [0.717, 1.165) is 36.9 Å². The van der Waals surface area contributed by atoms with Crippen LogP contribution in [0.15, 0.2) is 17.2 Å². The fourth-order valence-corrected chi connectivity index (χ4v) is 2.18. The second-order valence-electron chi connectivity index (χ2n) is 3.46. The summed E-state index contributed by atoms with van der Waals surface area (Å²) >= 11 is 0. The Kier molecular flexibility index (Phi) is 3.70. The second kappa shape index (κ2) is 4.47. The standard InChI is InChI=1S/C9H11NO3S.ClH/c11-14(12,13)8-5-7-3-1-2-4-9(7)10-6-8;/h5-6H,1-4H2,(H,11,12,13);1H. The Morgan fingerprint density at radius 3 is 2.60 bits per heavy atom. The van der Waals surface area contributed by atoms with Crippen LogP contribution in [-0.2, 0) is 23.0 Å². The van der Waals surface area contributed by atoms with Crippen LogP contribution in [0.4, 0.5) is 0 Å². The molecule has 15 heavy (non-hydrogen) atoms. The molecule has 1 N–H and O–H groups in total. The van der Waals surface area contributed by atoms with E-state index in [-0.39, 0.29) is 17.3 Å². The van der Waals surface area contributed by atoms with Gasteiger partial charge in [0.15, 0.2) is 0 Å². The summed E-state index contributed by atoms with van der Waals surface area (Å²) in [5, 5.41) is 0. The summed E-state index contributed by atoms with van der Waals surface area (Å²) in [5.74, 6) is 0. The van der Waals surface area contributed by atoms with Gasteiger partial charge in [-0.25, -0.2) is 0 Å². The molecule has 0 radical (unpaired) electrons. The molecule has 1 aliphatic carbocycles. The number of halogens is 1. The van der Waals surface area contributed by atoms with Gasteiger partial charge < -0.3 is 0 Å². The van der Waals surface area contributed by atoms with Gasteiger partial charge in [-0.05, 0) is 37.3 Å². The van der Waals surface area contributed by atoms with E-state index < -0.39 is 10.1 Å². The first-order valence-electron chi connectivity index (χ1n) is 4.52. The average molecular weight is 250 g/mol. The van der Waals surface area contributed by atoms with E-state index in [2.05, 4.69) is 4.98 Å². The van der Waals surface area contributed by atoms with Gasteiger partial charge >= 0.3 is 0 Å². The molecule has 0 aromatic carbocycles. The lowest BCUT2D eigenvalue weighted by molar-refractivity contribution is 0.482. The molecule has 2 rings (SSSR count). The van der Waals surface area contributed by atoms with E-state index in [1.807, 2.05) is 0 Å². The van der Waals surface area contributed by atoms with Gasteiger partial charge in [0, 0.05) is 11.9 Å². The lowest BCUT2D eigenvalue weighted by Crippen LogP contribution is -2.08. The Labute approximate surface area is 94.9 Å². The highest BCUT2D eigenvalue weighted by atomic mass is 35.5. The van der Waals surface area contributed by atoms with E-state index in [1.165, 1.54) is 12.3 Å². The Hall–Kier alpha value is -0.650. The number of rotatable bonds is 1. The molecule has 1 heterocycles. The van der Waals surface area contributed by atoms with Gasteiger partial charge in [0.05, 0.1) is 0 Å². The van der Waals surface area contributed by atoms with Crippen molar-refractivity contribution < 1.29 is 13.0 Å². The van der Waals surface area contributed by atoms with E-state index in [9.17, 15) is 8.42 Å². The maximum atomic E-state index is 10.8. The summed E-state index contributed by atoms with van der Waals surface area (Å²) in [7, 11) is -4.10. The van der Waals surface area contributed by atoms with Crippen LogP contribution in [0.25, 0.3) is 0 Å². The normalized spacial score (nSPS) is 15.3. The molecule has 0 spiro atoms. The van der Waals surface area contributed by atoms with E-state index >= 15 is 0 Å². The molecule has 0 bridgehead atoms. The summed E-state index contributed by atoms with van der Waals surface area (Å²) in [6, 6.07) is 1.52. The molecule has 1 aromatic rings. The predicted molar refractivity (Wildman–Crippen MR) is 57.9 cm³/mol. The fourth-order valence-electron chi connectivity index (χ4n) is 1.71. The van der Waals surface area contributed by atoms with Gasteiger partial charge in [0.1, 0.15) is 4.90 Å². The van der Waals surface area contributed by atoms with Crippen molar-refractivity contribution in [2.24, 2.45) is 0 Å². The largest absolute Gasteiger partial charge is 0.296 e. The summed E-state index contributed by atoms with van der Waals surface area (Å²) in [4.78, 5) is 3.95.